The van der Waals surface area contributed by atoms with Gasteiger partial charge in [-0.2, -0.15) is 0 Å². The lowest BCUT2D eigenvalue weighted by molar-refractivity contribution is -0.126. The van der Waals surface area contributed by atoms with E-state index >= 15 is 0 Å². The number of amides is 2. The molecule has 0 aromatic rings. The van der Waals surface area contributed by atoms with Gasteiger partial charge in [0, 0.05) is 13.5 Å². The van der Waals surface area contributed by atoms with Crippen molar-refractivity contribution in [2.24, 2.45) is 5.92 Å². The maximum absolute atomic E-state index is 11.4. The summed E-state index contributed by atoms with van der Waals surface area (Å²) in [5.74, 6) is 0.476. The van der Waals surface area contributed by atoms with E-state index < -0.39 is 0 Å². The van der Waals surface area contributed by atoms with Gasteiger partial charge in [0.15, 0.2) is 0 Å². The molecule has 0 bridgehead atoms. The molecule has 0 spiro atoms. The molecule has 3 N–H and O–H groups in total. The van der Waals surface area contributed by atoms with Crippen molar-refractivity contribution in [1.82, 2.24) is 16.0 Å². The smallest absolute Gasteiger partial charge is 0.239 e. The lowest BCUT2D eigenvalue weighted by Gasteiger charge is -2.22. The molecule has 0 atom stereocenters. The summed E-state index contributed by atoms with van der Waals surface area (Å²) in [6.45, 7) is 2.20. The number of rotatable bonds is 5. The van der Waals surface area contributed by atoms with E-state index in [1.807, 2.05) is 0 Å². The molecule has 1 heterocycles. The SMILES string of the molecule is CNC(=O)CNC(=O)CCC1CCNCC1. The van der Waals surface area contributed by atoms with Crippen molar-refractivity contribution in [3.8, 4) is 0 Å². The van der Waals surface area contributed by atoms with Crippen LogP contribution in [0.25, 0.3) is 0 Å². The molecule has 1 aliphatic rings. The summed E-state index contributed by atoms with van der Waals surface area (Å²) in [5.41, 5.74) is 0. The van der Waals surface area contributed by atoms with Gasteiger partial charge in [-0.15, -0.1) is 0 Å². The van der Waals surface area contributed by atoms with Crippen LogP contribution in [0.15, 0.2) is 0 Å². The van der Waals surface area contributed by atoms with Gasteiger partial charge in [0.1, 0.15) is 0 Å². The molecule has 92 valence electrons. The Morgan fingerprint density at radius 3 is 2.56 bits per heavy atom. The van der Waals surface area contributed by atoms with Crippen molar-refractivity contribution < 1.29 is 9.59 Å². The molecule has 1 rings (SSSR count). The van der Waals surface area contributed by atoms with Crippen LogP contribution in [0.5, 0.6) is 0 Å². The number of hydrogen-bond acceptors (Lipinski definition) is 3. The predicted octanol–water partition coefficient (Wildman–Crippen LogP) is -0.372. The molecule has 0 radical (unpaired) electrons. The fourth-order valence-electron chi connectivity index (χ4n) is 1.86. The standard InChI is InChI=1S/C11H21N3O2/c1-12-11(16)8-14-10(15)3-2-9-4-6-13-7-5-9/h9,13H,2-8H2,1H3,(H,12,16)(H,14,15). The number of carbonyl (C=O) groups is 2. The van der Waals surface area contributed by atoms with Crippen molar-refractivity contribution in [3.63, 3.8) is 0 Å². The highest BCUT2D eigenvalue weighted by atomic mass is 16.2. The highest BCUT2D eigenvalue weighted by molar-refractivity contribution is 5.84. The Labute approximate surface area is 96.4 Å². The van der Waals surface area contributed by atoms with Crippen LogP contribution in [-0.2, 0) is 9.59 Å². The molecule has 0 aliphatic carbocycles. The van der Waals surface area contributed by atoms with Gasteiger partial charge in [0.2, 0.25) is 11.8 Å². The Morgan fingerprint density at radius 2 is 1.94 bits per heavy atom. The molecule has 1 aliphatic heterocycles. The Hall–Kier alpha value is -1.10. The fourth-order valence-corrected chi connectivity index (χ4v) is 1.86. The van der Waals surface area contributed by atoms with Crippen LogP contribution in [0, 0.1) is 5.92 Å². The lowest BCUT2D eigenvalue weighted by atomic mass is 9.93. The van der Waals surface area contributed by atoms with Crippen molar-refractivity contribution >= 4 is 11.8 Å². The van der Waals surface area contributed by atoms with Gasteiger partial charge in [0.25, 0.3) is 0 Å². The Bertz CT molecular complexity index is 237. The second-order valence-corrected chi connectivity index (χ2v) is 4.18. The molecule has 2 amide bonds. The molecule has 1 saturated heterocycles. The molecule has 5 nitrogen and oxygen atoms in total. The summed E-state index contributed by atoms with van der Waals surface area (Å²) in [6, 6.07) is 0. The lowest BCUT2D eigenvalue weighted by Crippen LogP contribution is -2.35. The maximum atomic E-state index is 11.4. The minimum Gasteiger partial charge on any atom is -0.358 e. The zero-order chi connectivity index (χ0) is 11.8. The summed E-state index contributed by atoms with van der Waals surface area (Å²) >= 11 is 0. The van der Waals surface area contributed by atoms with Crippen LogP contribution in [-0.4, -0.2) is 38.5 Å². The van der Waals surface area contributed by atoms with Crippen molar-refractivity contribution in [3.05, 3.63) is 0 Å². The summed E-state index contributed by atoms with van der Waals surface area (Å²) in [7, 11) is 1.56. The third-order valence-corrected chi connectivity index (χ3v) is 2.96. The van der Waals surface area contributed by atoms with E-state index in [0.29, 0.717) is 12.3 Å². The highest BCUT2D eigenvalue weighted by Gasteiger charge is 2.14. The normalized spacial score (nSPS) is 16.8. The number of piperidine rings is 1. The van der Waals surface area contributed by atoms with E-state index in [0.717, 1.165) is 32.4 Å². The zero-order valence-electron chi connectivity index (χ0n) is 9.84. The Morgan fingerprint density at radius 1 is 1.25 bits per heavy atom. The highest BCUT2D eigenvalue weighted by Crippen LogP contribution is 2.17. The molecule has 0 unspecified atom stereocenters. The van der Waals surface area contributed by atoms with Crippen molar-refractivity contribution in [2.75, 3.05) is 26.7 Å². The van der Waals surface area contributed by atoms with Gasteiger partial charge >= 0.3 is 0 Å². The van der Waals surface area contributed by atoms with Crippen LogP contribution in [0.4, 0.5) is 0 Å². The molecule has 0 aromatic carbocycles. The van der Waals surface area contributed by atoms with Gasteiger partial charge in [-0.25, -0.2) is 0 Å². The topological polar surface area (TPSA) is 70.2 Å². The largest absolute Gasteiger partial charge is 0.358 e. The molecule has 0 saturated carbocycles. The van der Waals surface area contributed by atoms with Gasteiger partial charge < -0.3 is 16.0 Å². The Kier molecular flexibility index (Phi) is 5.85. The van der Waals surface area contributed by atoms with Crippen LogP contribution in [0.1, 0.15) is 25.7 Å². The summed E-state index contributed by atoms with van der Waals surface area (Å²) in [4.78, 5) is 22.3. The third-order valence-electron chi connectivity index (χ3n) is 2.96. The van der Waals surface area contributed by atoms with Crippen LogP contribution in [0.3, 0.4) is 0 Å². The van der Waals surface area contributed by atoms with E-state index in [4.69, 9.17) is 0 Å². The first-order valence-corrected chi connectivity index (χ1v) is 5.90. The fraction of sp³-hybridized carbons (Fsp3) is 0.818. The van der Waals surface area contributed by atoms with E-state index in [-0.39, 0.29) is 18.4 Å². The molecule has 5 heteroatoms. The second-order valence-electron chi connectivity index (χ2n) is 4.18. The van der Waals surface area contributed by atoms with Crippen molar-refractivity contribution in [2.45, 2.75) is 25.7 Å². The minimum absolute atomic E-state index is 0.0258. The molecule has 1 fully saturated rings. The number of hydrogen-bond donors (Lipinski definition) is 3. The quantitative estimate of drug-likeness (QED) is 0.600. The first kappa shape index (κ1) is 13.0. The molecule has 16 heavy (non-hydrogen) atoms. The van der Waals surface area contributed by atoms with Gasteiger partial charge in [-0.3, -0.25) is 9.59 Å². The first-order valence-electron chi connectivity index (χ1n) is 5.90. The third kappa shape index (κ3) is 5.11. The summed E-state index contributed by atoms with van der Waals surface area (Å²) < 4.78 is 0. The molecular formula is C11H21N3O2. The van der Waals surface area contributed by atoms with Gasteiger partial charge in [0.05, 0.1) is 6.54 Å². The summed E-state index contributed by atoms with van der Waals surface area (Å²) in [5, 5.41) is 8.37. The van der Waals surface area contributed by atoms with Crippen LogP contribution in [0.2, 0.25) is 0 Å². The first-order chi connectivity index (χ1) is 7.72. The van der Waals surface area contributed by atoms with E-state index in [9.17, 15) is 9.59 Å². The Balaban J connectivity index is 2.07. The minimum atomic E-state index is -0.157. The predicted molar refractivity (Wildman–Crippen MR) is 61.9 cm³/mol. The van der Waals surface area contributed by atoms with E-state index in [1.54, 1.807) is 7.05 Å². The van der Waals surface area contributed by atoms with Crippen molar-refractivity contribution in [1.29, 1.82) is 0 Å². The average molecular weight is 227 g/mol. The number of nitrogens with one attached hydrogen (secondary N) is 3. The summed E-state index contributed by atoms with van der Waals surface area (Å²) in [6.07, 6.45) is 3.77. The van der Waals surface area contributed by atoms with Gasteiger partial charge in [-0.1, -0.05) is 0 Å². The number of carbonyl (C=O) groups excluding carboxylic acids is 2. The maximum Gasteiger partial charge on any atom is 0.239 e. The monoisotopic (exact) mass is 227 g/mol. The van der Waals surface area contributed by atoms with E-state index in [1.165, 1.54) is 0 Å². The van der Waals surface area contributed by atoms with Crippen LogP contribution < -0.4 is 16.0 Å². The number of likely N-dealkylation sites (N-methyl/N-ethyl adjacent to an activating group) is 1. The molecular weight excluding hydrogens is 206 g/mol. The second kappa shape index (κ2) is 7.22. The average Bonchev–Trinajstić information content (AvgIpc) is 2.34. The zero-order valence-corrected chi connectivity index (χ0v) is 9.84. The molecule has 0 aromatic heterocycles. The van der Waals surface area contributed by atoms with Gasteiger partial charge in [-0.05, 0) is 38.3 Å². The van der Waals surface area contributed by atoms with Crippen LogP contribution >= 0.6 is 0 Å². The van der Waals surface area contributed by atoms with E-state index in [2.05, 4.69) is 16.0 Å².